The highest BCUT2D eigenvalue weighted by molar-refractivity contribution is 5.18. The quantitative estimate of drug-likeness (QED) is 0.828. The molecule has 5 rings (SSSR count). The van der Waals surface area contributed by atoms with E-state index in [9.17, 15) is 0 Å². The minimum atomic E-state index is -0.523. The van der Waals surface area contributed by atoms with Crippen molar-refractivity contribution in [2.24, 2.45) is 0 Å². The molecule has 6 nitrogen and oxygen atoms in total. The summed E-state index contributed by atoms with van der Waals surface area (Å²) in [5, 5.41) is 0. The van der Waals surface area contributed by atoms with Crippen molar-refractivity contribution in [3.8, 4) is 0 Å². The van der Waals surface area contributed by atoms with Crippen LogP contribution in [0.1, 0.15) is 23.7 Å². The highest BCUT2D eigenvalue weighted by Gasteiger charge is 2.56. The Morgan fingerprint density at radius 3 is 1.96 bits per heavy atom. The Morgan fingerprint density at radius 1 is 0.704 bits per heavy atom. The number of methoxy groups -OCH3 is 1. The molecule has 4 unspecified atom stereocenters. The summed E-state index contributed by atoms with van der Waals surface area (Å²) in [6.45, 7) is 0.409. The van der Waals surface area contributed by atoms with Crippen molar-refractivity contribution >= 4 is 0 Å². The van der Waals surface area contributed by atoms with E-state index in [0.29, 0.717) is 6.61 Å². The molecular weight excluding hydrogens is 348 g/mol. The van der Waals surface area contributed by atoms with E-state index in [1.54, 1.807) is 7.11 Å². The summed E-state index contributed by atoms with van der Waals surface area (Å²) in [6, 6.07) is 19.8. The average molecular weight is 370 g/mol. The van der Waals surface area contributed by atoms with Gasteiger partial charge in [-0.25, -0.2) is 0 Å². The summed E-state index contributed by atoms with van der Waals surface area (Å²) in [4.78, 5) is 0. The predicted octanol–water partition coefficient (Wildman–Crippen LogP) is 2.95. The van der Waals surface area contributed by atoms with Gasteiger partial charge in [-0.2, -0.15) is 0 Å². The minimum Gasteiger partial charge on any atom is -0.353 e. The summed E-state index contributed by atoms with van der Waals surface area (Å²) in [7, 11) is 1.61. The van der Waals surface area contributed by atoms with Crippen LogP contribution in [0.25, 0.3) is 0 Å². The van der Waals surface area contributed by atoms with Crippen molar-refractivity contribution in [1.29, 1.82) is 0 Å². The third-order valence-corrected chi connectivity index (χ3v) is 5.22. The first-order valence-corrected chi connectivity index (χ1v) is 9.19. The van der Waals surface area contributed by atoms with Gasteiger partial charge in [0.2, 0.25) is 0 Å². The van der Waals surface area contributed by atoms with Gasteiger partial charge < -0.3 is 28.4 Å². The largest absolute Gasteiger partial charge is 0.353 e. The van der Waals surface area contributed by atoms with Gasteiger partial charge in [-0.15, -0.1) is 0 Å². The van der Waals surface area contributed by atoms with Gasteiger partial charge in [0.25, 0.3) is 0 Å². The second-order valence-electron chi connectivity index (χ2n) is 6.90. The van der Waals surface area contributed by atoms with Crippen molar-refractivity contribution in [3.63, 3.8) is 0 Å². The molecule has 7 atom stereocenters. The van der Waals surface area contributed by atoms with E-state index in [1.807, 2.05) is 60.7 Å². The van der Waals surface area contributed by atoms with E-state index in [4.69, 9.17) is 28.4 Å². The van der Waals surface area contributed by atoms with Crippen LogP contribution < -0.4 is 0 Å². The van der Waals surface area contributed by atoms with Crippen LogP contribution in [0.4, 0.5) is 0 Å². The lowest BCUT2D eigenvalue weighted by Crippen LogP contribution is -2.61. The number of rotatable bonds is 3. The molecule has 3 saturated heterocycles. The second-order valence-corrected chi connectivity index (χ2v) is 6.90. The molecule has 0 spiro atoms. The zero-order chi connectivity index (χ0) is 18.2. The molecule has 0 N–H and O–H groups in total. The molecule has 3 heterocycles. The Labute approximate surface area is 157 Å². The van der Waals surface area contributed by atoms with Crippen LogP contribution in [0.3, 0.4) is 0 Å². The van der Waals surface area contributed by atoms with Crippen molar-refractivity contribution in [2.45, 2.75) is 43.3 Å². The maximum absolute atomic E-state index is 6.27. The third-order valence-electron chi connectivity index (χ3n) is 5.22. The van der Waals surface area contributed by atoms with Crippen molar-refractivity contribution < 1.29 is 28.4 Å². The average Bonchev–Trinajstić information content (AvgIpc) is 3.20. The summed E-state index contributed by atoms with van der Waals surface area (Å²) < 4.78 is 36.1. The minimum absolute atomic E-state index is 0.269. The van der Waals surface area contributed by atoms with Crippen LogP contribution in [0.15, 0.2) is 60.7 Å². The molecule has 0 bridgehead atoms. The summed E-state index contributed by atoms with van der Waals surface area (Å²) in [6.07, 6.45) is -2.67. The first-order valence-electron chi connectivity index (χ1n) is 9.19. The normalized spacial score (nSPS) is 38.2. The predicted molar refractivity (Wildman–Crippen MR) is 94.6 cm³/mol. The molecule has 27 heavy (non-hydrogen) atoms. The Balaban J connectivity index is 1.39. The lowest BCUT2D eigenvalue weighted by Gasteiger charge is -2.45. The molecule has 0 radical (unpaired) electrons. The number of hydrogen-bond acceptors (Lipinski definition) is 6. The van der Waals surface area contributed by atoms with Gasteiger partial charge in [0.05, 0.1) is 6.61 Å². The Morgan fingerprint density at radius 2 is 1.30 bits per heavy atom. The van der Waals surface area contributed by atoms with E-state index >= 15 is 0 Å². The number of hydrogen-bond donors (Lipinski definition) is 0. The Hall–Kier alpha value is -1.80. The van der Waals surface area contributed by atoms with Crippen LogP contribution in [-0.4, -0.2) is 44.4 Å². The van der Waals surface area contributed by atoms with E-state index in [1.165, 1.54) is 0 Å². The fourth-order valence-corrected chi connectivity index (χ4v) is 3.90. The fraction of sp³-hybridized carbons (Fsp3) is 0.429. The molecule has 0 aliphatic carbocycles. The van der Waals surface area contributed by atoms with E-state index < -0.39 is 18.9 Å². The number of benzene rings is 2. The molecule has 2 aromatic carbocycles. The van der Waals surface area contributed by atoms with Gasteiger partial charge >= 0.3 is 0 Å². The molecule has 0 aromatic heterocycles. The van der Waals surface area contributed by atoms with Gasteiger partial charge in [0.1, 0.15) is 24.4 Å². The smallest absolute Gasteiger partial charge is 0.186 e. The maximum Gasteiger partial charge on any atom is 0.186 e. The van der Waals surface area contributed by atoms with Crippen molar-refractivity contribution in [2.75, 3.05) is 13.7 Å². The molecule has 3 aliphatic heterocycles. The van der Waals surface area contributed by atoms with Gasteiger partial charge in [-0.1, -0.05) is 60.7 Å². The number of ether oxygens (including phenoxy) is 6. The van der Waals surface area contributed by atoms with E-state index in [-0.39, 0.29) is 24.4 Å². The number of fused-ring (bicyclic) bond motifs is 3. The van der Waals surface area contributed by atoms with Gasteiger partial charge in [0, 0.05) is 18.2 Å². The fourth-order valence-electron chi connectivity index (χ4n) is 3.90. The Kier molecular flexibility index (Phi) is 4.69. The van der Waals surface area contributed by atoms with Crippen LogP contribution in [-0.2, 0) is 28.4 Å². The van der Waals surface area contributed by atoms with Gasteiger partial charge in [-0.05, 0) is 0 Å². The maximum atomic E-state index is 6.27. The summed E-state index contributed by atoms with van der Waals surface area (Å²) in [5.41, 5.74) is 1.94. The summed E-state index contributed by atoms with van der Waals surface area (Å²) >= 11 is 0. The van der Waals surface area contributed by atoms with Crippen LogP contribution in [0.2, 0.25) is 0 Å². The highest BCUT2D eigenvalue weighted by Crippen LogP contribution is 2.43. The molecule has 3 aliphatic rings. The lowest BCUT2D eigenvalue weighted by molar-refractivity contribution is -0.343. The SMILES string of the molecule is COC1O[C@H]2COC(c3ccccc3)OC2[C@@H]2OC(c3ccccc3)O[C@@H]12. The first-order chi connectivity index (χ1) is 13.3. The zero-order valence-electron chi connectivity index (χ0n) is 15.0. The van der Waals surface area contributed by atoms with Crippen LogP contribution >= 0.6 is 0 Å². The van der Waals surface area contributed by atoms with Gasteiger partial charge in [0.15, 0.2) is 18.9 Å². The van der Waals surface area contributed by atoms with Crippen molar-refractivity contribution in [3.05, 3.63) is 71.8 Å². The van der Waals surface area contributed by atoms with Crippen molar-refractivity contribution in [1.82, 2.24) is 0 Å². The monoisotopic (exact) mass is 370 g/mol. The van der Waals surface area contributed by atoms with Crippen LogP contribution in [0, 0.1) is 0 Å². The molecule has 3 fully saturated rings. The molecular formula is C21H22O6. The molecule has 0 saturated carbocycles. The molecule has 6 heteroatoms. The van der Waals surface area contributed by atoms with E-state index in [0.717, 1.165) is 11.1 Å². The van der Waals surface area contributed by atoms with Crippen LogP contribution in [0.5, 0.6) is 0 Å². The van der Waals surface area contributed by atoms with E-state index in [2.05, 4.69) is 0 Å². The molecule has 2 aromatic rings. The molecule has 142 valence electrons. The van der Waals surface area contributed by atoms with Gasteiger partial charge in [-0.3, -0.25) is 0 Å². The lowest BCUT2D eigenvalue weighted by atomic mass is 9.98. The Bertz CT molecular complexity index is 754. The second kappa shape index (κ2) is 7.31. The first kappa shape index (κ1) is 17.3. The molecule has 0 amide bonds. The third kappa shape index (κ3) is 3.18. The standard InChI is InChI=1S/C21H22O6/c1-22-21-18-17(26-20(27-18)14-10-6-3-7-11-14)16-15(24-21)12-23-19(25-16)13-8-4-2-5-9-13/h2-11,15-21H,12H2,1H3/t15-,16?,17-,18+,19?,20?,21?/m0/s1. The topological polar surface area (TPSA) is 55.4 Å². The zero-order valence-corrected chi connectivity index (χ0v) is 15.0. The highest BCUT2D eigenvalue weighted by atomic mass is 16.8. The summed E-state index contributed by atoms with van der Waals surface area (Å²) in [5.74, 6) is 0.